The van der Waals surface area contributed by atoms with E-state index in [9.17, 15) is 18.4 Å². The van der Waals surface area contributed by atoms with Crippen LogP contribution in [0.15, 0.2) is 48.5 Å². The average Bonchev–Trinajstić information content (AvgIpc) is 2.79. The molecule has 1 amide bonds. The number of halogens is 2. The second-order valence-corrected chi connectivity index (χ2v) is 5.27. The van der Waals surface area contributed by atoms with E-state index < -0.39 is 23.2 Å². The van der Waals surface area contributed by atoms with Gasteiger partial charge in [-0.05, 0) is 23.3 Å². The molecule has 0 saturated heterocycles. The van der Waals surface area contributed by atoms with E-state index in [1.807, 2.05) is 0 Å². The van der Waals surface area contributed by atoms with Gasteiger partial charge in [-0.1, -0.05) is 36.4 Å². The summed E-state index contributed by atoms with van der Waals surface area (Å²) in [7, 11) is 0. The van der Waals surface area contributed by atoms with E-state index in [-0.39, 0.29) is 18.5 Å². The van der Waals surface area contributed by atoms with Gasteiger partial charge in [0, 0.05) is 18.5 Å². The number of benzene rings is 2. The predicted molar refractivity (Wildman–Crippen MR) is 76.6 cm³/mol. The van der Waals surface area contributed by atoms with Crippen LogP contribution in [0.3, 0.4) is 0 Å². The molecule has 3 nitrogen and oxygen atoms in total. The van der Waals surface area contributed by atoms with Crippen LogP contribution in [0.1, 0.15) is 21.5 Å². The zero-order chi connectivity index (χ0) is 15.7. The lowest BCUT2D eigenvalue weighted by Crippen LogP contribution is -2.47. The third kappa shape index (κ3) is 2.39. The molecule has 0 aliphatic heterocycles. The lowest BCUT2D eigenvalue weighted by molar-refractivity contribution is -0.129. The zero-order valence-electron chi connectivity index (χ0n) is 11.6. The Labute approximate surface area is 126 Å². The zero-order valence-corrected chi connectivity index (χ0v) is 11.6. The number of hydrogen-bond donors (Lipinski definition) is 1. The lowest BCUT2D eigenvalue weighted by Gasteiger charge is -2.17. The number of amides is 1. The second-order valence-electron chi connectivity index (χ2n) is 5.27. The summed E-state index contributed by atoms with van der Waals surface area (Å²) in [6, 6.07) is 12.0. The van der Waals surface area contributed by atoms with Crippen LogP contribution >= 0.6 is 0 Å². The van der Waals surface area contributed by atoms with Crippen molar-refractivity contribution >= 4 is 11.7 Å². The van der Waals surface area contributed by atoms with Crippen molar-refractivity contribution in [2.45, 2.75) is 18.6 Å². The van der Waals surface area contributed by atoms with Gasteiger partial charge in [0.15, 0.2) is 0 Å². The van der Waals surface area contributed by atoms with E-state index in [0.717, 1.165) is 0 Å². The minimum absolute atomic E-state index is 0.0361. The largest absolute Gasteiger partial charge is 0.349 e. The number of carbonyl (C=O) groups excluding carboxylic acids is 2. The van der Waals surface area contributed by atoms with E-state index in [4.69, 9.17) is 0 Å². The van der Waals surface area contributed by atoms with Crippen molar-refractivity contribution in [3.63, 3.8) is 0 Å². The van der Waals surface area contributed by atoms with Gasteiger partial charge in [-0.3, -0.25) is 9.59 Å². The monoisotopic (exact) mass is 301 g/mol. The van der Waals surface area contributed by atoms with Crippen LogP contribution in [0.4, 0.5) is 8.78 Å². The third-order valence-electron chi connectivity index (χ3n) is 3.78. The normalized spacial score (nSPS) is 19.8. The Morgan fingerprint density at radius 1 is 1.14 bits per heavy atom. The second kappa shape index (κ2) is 5.33. The van der Waals surface area contributed by atoms with Crippen molar-refractivity contribution < 1.29 is 18.4 Å². The molecule has 1 aliphatic carbocycles. The molecule has 0 unspecified atom stereocenters. The average molecular weight is 301 g/mol. The summed E-state index contributed by atoms with van der Waals surface area (Å²) < 4.78 is 27.6. The van der Waals surface area contributed by atoms with Crippen LogP contribution in [0.2, 0.25) is 0 Å². The Hall–Kier alpha value is -2.56. The summed E-state index contributed by atoms with van der Waals surface area (Å²) in [5.41, 5.74) is -1.15. The highest BCUT2D eigenvalue weighted by Gasteiger charge is 2.52. The third-order valence-corrected chi connectivity index (χ3v) is 3.78. The molecule has 0 spiro atoms. The topological polar surface area (TPSA) is 46.2 Å². The number of hydrogen-bond acceptors (Lipinski definition) is 2. The first-order valence-electron chi connectivity index (χ1n) is 6.85. The Morgan fingerprint density at radius 3 is 2.50 bits per heavy atom. The minimum atomic E-state index is -2.57. The Morgan fingerprint density at radius 2 is 1.82 bits per heavy atom. The molecule has 0 radical (unpaired) electrons. The van der Waals surface area contributed by atoms with Crippen LogP contribution in [0.5, 0.6) is 0 Å². The van der Waals surface area contributed by atoms with Crippen molar-refractivity contribution in [3.8, 4) is 0 Å². The van der Waals surface area contributed by atoms with Gasteiger partial charge in [-0.15, -0.1) is 0 Å². The molecular formula is C17H13F2NO2. The van der Waals surface area contributed by atoms with Gasteiger partial charge in [0.05, 0.1) is 0 Å². The molecule has 1 atom stereocenters. The first-order chi connectivity index (χ1) is 10.5. The molecule has 3 rings (SSSR count). The SMILES string of the molecule is O=C(NCc1ccc(F)cc1)[C@]1(F)Cc2ccccc2C1=O. The molecule has 0 fully saturated rings. The number of carbonyl (C=O) groups is 2. The summed E-state index contributed by atoms with van der Waals surface area (Å²) in [5.74, 6) is -2.16. The molecule has 0 bridgehead atoms. The van der Waals surface area contributed by atoms with Gasteiger partial charge in [-0.2, -0.15) is 0 Å². The highest BCUT2D eigenvalue weighted by molar-refractivity contribution is 6.20. The molecular weight excluding hydrogens is 288 g/mol. The standard InChI is InChI=1S/C17H13F2NO2/c18-13-7-5-11(6-8-13)10-20-16(22)17(19)9-12-3-1-2-4-14(12)15(17)21/h1-8H,9-10H2,(H,20,22)/t17-/m0/s1. The number of ketones is 1. The lowest BCUT2D eigenvalue weighted by atomic mass is 10.00. The predicted octanol–water partition coefficient (Wildman–Crippen LogP) is 2.59. The highest BCUT2D eigenvalue weighted by Crippen LogP contribution is 2.33. The molecule has 0 heterocycles. The maximum atomic E-state index is 14.8. The summed E-state index contributed by atoms with van der Waals surface area (Å²) >= 11 is 0. The Bertz CT molecular complexity index is 743. The van der Waals surface area contributed by atoms with Crippen LogP contribution in [-0.4, -0.2) is 17.4 Å². The molecule has 0 aromatic heterocycles. The molecule has 2 aromatic rings. The molecule has 2 aromatic carbocycles. The maximum absolute atomic E-state index is 14.8. The maximum Gasteiger partial charge on any atom is 0.266 e. The Kier molecular flexibility index (Phi) is 3.48. The summed E-state index contributed by atoms with van der Waals surface area (Å²) in [6.07, 6.45) is -0.253. The van der Waals surface area contributed by atoms with Crippen molar-refractivity contribution in [1.82, 2.24) is 5.32 Å². The molecule has 22 heavy (non-hydrogen) atoms. The fraction of sp³-hybridized carbons (Fsp3) is 0.176. The van der Waals surface area contributed by atoms with E-state index in [0.29, 0.717) is 11.1 Å². The van der Waals surface area contributed by atoms with Gasteiger partial charge in [0.25, 0.3) is 11.6 Å². The minimum Gasteiger partial charge on any atom is -0.349 e. The molecule has 5 heteroatoms. The molecule has 112 valence electrons. The van der Waals surface area contributed by atoms with Crippen LogP contribution in [0, 0.1) is 5.82 Å². The number of nitrogens with one attached hydrogen (secondary N) is 1. The van der Waals surface area contributed by atoms with Gasteiger partial charge in [-0.25, -0.2) is 8.78 Å². The van der Waals surface area contributed by atoms with Crippen molar-refractivity contribution in [3.05, 3.63) is 71.0 Å². The van der Waals surface area contributed by atoms with E-state index in [1.54, 1.807) is 18.2 Å². The molecule has 1 N–H and O–H groups in total. The quantitative estimate of drug-likeness (QED) is 0.886. The van der Waals surface area contributed by atoms with Gasteiger partial charge in [0.1, 0.15) is 5.82 Å². The van der Waals surface area contributed by atoms with Gasteiger partial charge >= 0.3 is 0 Å². The number of Topliss-reactive ketones (excluding diaryl/α,β-unsaturated/α-hetero) is 1. The number of alkyl halides is 1. The van der Waals surface area contributed by atoms with E-state index >= 15 is 0 Å². The summed E-state index contributed by atoms with van der Waals surface area (Å²) in [4.78, 5) is 24.2. The Balaban J connectivity index is 1.73. The first-order valence-corrected chi connectivity index (χ1v) is 6.85. The fourth-order valence-corrected chi connectivity index (χ4v) is 2.56. The van der Waals surface area contributed by atoms with E-state index in [2.05, 4.69) is 5.32 Å². The molecule has 1 aliphatic rings. The smallest absolute Gasteiger partial charge is 0.266 e. The molecule has 0 saturated carbocycles. The number of fused-ring (bicyclic) bond motifs is 1. The van der Waals surface area contributed by atoms with Gasteiger partial charge < -0.3 is 5.32 Å². The number of rotatable bonds is 3. The van der Waals surface area contributed by atoms with Gasteiger partial charge in [0.2, 0.25) is 5.78 Å². The van der Waals surface area contributed by atoms with Crippen molar-refractivity contribution in [2.75, 3.05) is 0 Å². The van der Waals surface area contributed by atoms with Crippen molar-refractivity contribution in [2.24, 2.45) is 0 Å². The fourth-order valence-electron chi connectivity index (χ4n) is 2.56. The van der Waals surface area contributed by atoms with Crippen LogP contribution in [0.25, 0.3) is 0 Å². The summed E-state index contributed by atoms with van der Waals surface area (Å²) in [5, 5.41) is 2.41. The van der Waals surface area contributed by atoms with Crippen molar-refractivity contribution in [1.29, 1.82) is 0 Å². The highest BCUT2D eigenvalue weighted by atomic mass is 19.1. The summed E-state index contributed by atoms with van der Waals surface area (Å²) in [6.45, 7) is 0.0361. The van der Waals surface area contributed by atoms with Crippen LogP contribution in [-0.2, 0) is 17.8 Å². The van der Waals surface area contributed by atoms with Crippen LogP contribution < -0.4 is 5.32 Å². The van der Waals surface area contributed by atoms with E-state index in [1.165, 1.54) is 30.3 Å². The first kappa shape index (κ1) is 14.4.